The first-order valence-electron chi connectivity index (χ1n) is 23.2. The van der Waals surface area contributed by atoms with Crippen LogP contribution in [0.3, 0.4) is 0 Å². The molecule has 1 aliphatic carbocycles. The Morgan fingerprint density at radius 2 is 1.53 bits per heavy atom. The Kier molecular flexibility index (Phi) is 15.3. The van der Waals surface area contributed by atoms with E-state index >= 15 is 0 Å². The van der Waals surface area contributed by atoms with E-state index in [0.717, 1.165) is 85.8 Å². The van der Waals surface area contributed by atoms with Crippen LogP contribution >= 0.6 is 22.9 Å². The van der Waals surface area contributed by atoms with E-state index in [-0.39, 0.29) is 24.4 Å². The number of fused-ring (bicyclic) bond motifs is 4. The highest BCUT2D eigenvalue weighted by atomic mass is 35.5. The maximum Gasteiger partial charge on any atom is 0.163 e. The van der Waals surface area contributed by atoms with E-state index in [4.69, 9.17) is 45.3 Å². The van der Waals surface area contributed by atoms with Gasteiger partial charge in [0.2, 0.25) is 0 Å². The average molecular weight is 959 g/mol. The van der Waals surface area contributed by atoms with E-state index in [9.17, 15) is 9.59 Å². The molecule has 1 fully saturated rings. The van der Waals surface area contributed by atoms with Crippen LogP contribution in [-0.2, 0) is 47.8 Å². The van der Waals surface area contributed by atoms with Crippen molar-refractivity contribution in [2.75, 3.05) is 89.3 Å². The SMILES string of the molecule is Cc1sc2c(c1C)C(c1ccc(Cl)cc1)=N[C@@H](CC(=O)Cc1ccc(OCCOCCOCCOCCNc3nc(N4CCOCC4)ccc3-c3ccc4c(c3)CC(=O)C4)cc1)c1nnc(C)n1-2. The topological polar surface area (TPSA) is 152 Å². The van der Waals surface area contributed by atoms with Crippen LogP contribution < -0.4 is 15.0 Å². The fourth-order valence-electron chi connectivity index (χ4n) is 8.76. The number of nitrogens with zero attached hydrogens (tertiary/aromatic N) is 6. The molecule has 0 bridgehead atoms. The Hall–Kier alpha value is -5.81. The summed E-state index contributed by atoms with van der Waals surface area (Å²) in [6, 6.07) is 25.2. The molecule has 0 radical (unpaired) electrons. The number of thiophene rings is 1. The zero-order valence-corrected chi connectivity index (χ0v) is 40.3. The minimum absolute atomic E-state index is 0.0489. The molecule has 0 unspecified atom stereocenters. The number of carbonyl (C=O) groups excluding carboxylic acids is 2. The van der Waals surface area contributed by atoms with Gasteiger partial charge in [0.25, 0.3) is 0 Å². The smallest absolute Gasteiger partial charge is 0.163 e. The number of anilines is 2. The lowest BCUT2D eigenvalue weighted by Crippen LogP contribution is -2.36. The van der Waals surface area contributed by atoms with Crippen LogP contribution in [-0.4, -0.2) is 116 Å². The first-order valence-corrected chi connectivity index (χ1v) is 24.4. The number of hydrogen-bond donors (Lipinski definition) is 1. The molecule has 0 amide bonds. The van der Waals surface area contributed by atoms with Crippen molar-refractivity contribution in [3.63, 3.8) is 0 Å². The molecule has 3 aromatic heterocycles. The summed E-state index contributed by atoms with van der Waals surface area (Å²) in [6.07, 6.45) is 1.44. The zero-order valence-electron chi connectivity index (χ0n) is 38.7. The average Bonchev–Trinajstić information content (AvgIpc) is 3.99. The third-order valence-corrected chi connectivity index (χ3v) is 13.8. The molecule has 1 saturated heterocycles. The second-order valence-electron chi connectivity index (χ2n) is 17.1. The monoisotopic (exact) mass is 957 g/mol. The van der Waals surface area contributed by atoms with Crippen molar-refractivity contribution < 1.29 is 33.3 Å². The van der Waals surface area contributed by atoms with Crippen LogP contribution in [0, 0.1) is 20.8 Å². The van der Waals surface area contributed by atoms with E-state index in [1.807, 2.05) is 55.5 Å². The second-order valence-corrected chi connectivity index (χ2v) is 18.8. The number of rotatable bonds is 21. The standard InChI is InChI=1S/C52H56ClN7O7S/c1-33-34(2)68-52-48(33)49(37-8-10-41(53)11-9-37)55-46(51-58-57-35(3)60(51)52)32-42(61)28-36-4-12-44(13-5-36)67-27-26-66-25-24-65-23-22-63-19-16-54-50-45(14-15-47(56-50)59-17-20-64-21-18-59)39-7-6-38-30-43(62)31-40(38)29-39/h4-15,29,46H,16-28,30-32H2,1-3H3,(H,54,56)/t46-/m0/s1. The number of ether oxygens (including phenoxy) is 5. The second kappa shape index (κ2) is 22.1. The van der Waals surface area contributed by atoms with E-state index in [0.29, 0.717) is 95.4 Å². The quantitative estimate of drug-likeness (QED) is 0.0695. The molecule has 6 aromatic rings. The highest BCUT2D eigenvalue weighted by Gasteiger charge is 2.32. The van der Waals surface area contributed by atoms with Gasteiger partial charge in [0.05, 0.1) is 58.6 Å². The summed E-state index contributed by atoms with van der Waals surface area (Å²) in [5, 5.41) is 14.1. The first-order chi connectivity index (χ1) is 33.2. The molecule has 3 aromatic carbocycles. The van der Waals surface area contributed by atoms with Crippen LogP contribution in [0.25, 0.3) is 16.1 Å². The van der Waals surface area contributed by atoms with Crippen LogP contribution in [0.2, 0.25) is 5.02 Å². The predicted octanol–water partition coefficient (Wildman–Crippen LogP) is 8.11. The number of carbonyl (C=O) groups is 2. The third kappa shape index (κ3) is 11.2. The number of aromatic nitrogens is 4. The lowest BCUT2D eigenvalue weighted by atomic mass is 9.99. The maximum absolute atomic E-state index is 13.7. The molecule has 354 valence electrons. The highest BCUT2D eigenvalue weighted by Crippen LogP contribution is 2.40. The van der Waals surface area contributed by atoms with Crippen molar-refractivity contribution in [2.24, 2.45) is 4.99 Å². The van der Waals surface area contributed by atoms with Gasteiger partial charge in [-0.05, 0) is 85.0 Å². The first kappa shape index (κ1) is 47.3. The minimum Gasteiger partial charge on any atom is -0.491 e. The number of hydrogen-bond acceptors (Lipinski definition) is 14. The number of morpholine rings is 1. The number of ketones is 2. The third-order valence-electron chi connectivity index (χ3n) is 12.4. The summed E-state index contributed by atoms with van der Waals surface area (Å²) in [5.41, 5.74) is 9.08. The molecule has 68 heavy (non-hydrogen) atoms. The number of pyridine rings is 1. The van der Waals surface area contributed by atoms with Crippen molar-refractivity contribution in [2.45, 2.75) is 52.5 Å². The fraction of sp³-hybridized carbons (Fsp3) is 0.385. The maximum atomic E-state index is 13.7. The van der Waals surface area contributed by atoms with Crippen LogP contribution in [0.1, 0.15) is 62.4 Å². The number of benzene rings is 3. The van der Waals surface area contributed by atoms with Gasteiger partial charge in [0.1, 0.15) is 52.4 Å². The predicted molar refractivity (Wildman–Crippen MR) is 265 cm³/mol. The number of aryl methyl sites for hydroxylation is 2. The molecule has 1 atom stereocenters. The molecule has 14 nitrogen and oxygen atoms in total. The lowest BCUT2D eigenvalue weighted by molar-refractivity contribution is -0.119. The van der Waals surface area contributed by atoms with Crippen LogP contribution in [0.5, 0.6) is 5.75 Å². The number of aliphatic imine (C=N–C) groups is 1. The molecule has 0 spiro atoms. The van der Waals surface area contributed by atoms with Crippen molar-refractivity contribution in [3.8, 4) is 21.9 Å². The Labute approximate surface area is 405 Å². The lowest BCUT2D eigenvalue weighted by Gasteiger charge is -2.28. The summed E-state index contributed by atoms with van der Waals surface area (Å²) in [4.78, 5) is 39.4. The van der Waals surface area contributed by atoms with Gasteiger partial charge in [0, 0.05) is 71.9 Å². The minimum atomic E-state index is -0.511. The van der Waals surface area contributed by atoms with Gasteiger partial charge >= 0.3 is 0 Å². The molecule has 1 N–H and O–H groups in total. The molecular weight excluding hydrogens is 902 g/mol. The summed E-state index contributed by atoms with van der Waals surface area (Å²) in [7, 11) is 0. The van der Waals surface area contributed by atoms with Gasteiger partial charge in [-0.3, -0.25) is 19.1 Å². The van der Waals surface area contributed by atoms with Gasteiger partial charge in [-0.25, -0.2) is 4.98 Å². The summed E-state index contributed by atoms with van der Waals surface area (Å²) in [6.45, 7) is 12.8. The van der Waals surface area contributed by atoms with Gasteiger partial charge in [-0.15, -0.1) is 21.5 Å². The van der Waals surface area contributed by atoms with Crippen molar-refractivity contribution in [3.05, 3.63) is 134 Å². The molecular formula is C52H56ClN7O7S. The summed E-state index contributed by atoms with van der Waals surface area (Å²) >= 11 is 7.95. The zero-order chi connectivity index (χ0) is 47.0. The Balaban J connectivity index is 0.675. The Morgan fingerprint density at radius 1 is 0.824 bits per heavy atom. The van der Waals surface area contributed by atoms with E-state index in [1.165, 1.54) is 4.88 Å². The van der Waals surface area contributed by atoms with Gasteiger partial charge in [-0.2, -0.15) is 0 Å². The van der Waals surface area contributed by atoms with Crippen LogP contribution in [0.4, 0.5) is 11.6 Å². The number of halogens is 1. The van der Waals surface area contributed by atoms with Gasteiger partial charge < -0.3 is 33.9 Å². The molecule has 5 heterocycles. The fourth-order valence-corrected chi connectivity index (χ4v) is 10.1. The largest absolute Gasteiger partial charge is 0.491 e. The van der Waals surface area contributed by atoms with Crippen molar-refractivity contribution in [1.82, 2.24) is 19.7 Å². The van der Waals surface area contributed by atoms with E-state index in [1.54, 1.807) is 11.3 Å². The van der Waals surface area contributed by atoms with Crippen LogP contribution in [0.15, 0.2) is 83.9 Å². The Morgan fingerprint density at radius 3 is 2.29 bits per heavy atom. The molecule has 0 saturated carbocycles. The number of Topliss-reactive ketones (excluding diaryl/α,β-unsaturated/α-hetero) is 2. The number of nitrogens with one attached hydrogen (secondary N) is 1. The molecule has 3 aliphatic rings. The van der Waals surface area contributed by atoms with Gasteiger partial charge in [-0.1, -0.05) is 54.1 Å². The molecule has 9 rings (SSSR count). The Bertz CT molecular complexity index is 2770. The molecule has 2 aliphatic heterocycles. The van der Waals surface area contributed by atoms with Gasteiger partial charge in [0.15, 0.2) is 5.82 Å². The van der Waals surface area contributed by atoms with Crippen molar-refractivity contribution in [1.29, 1.82) is 0 Å². The van der Waals surface area contributed by atoms with Crippen molar-refractivity contribution >= 4 is 51.9 Å². The molecule has 16 heteroatoms. The normalized spacial score (nSPS) is 15.4. The highest BCUT2D eigenvalue weighted by molar-refractivity contribution is 7.15. The summed E-state index contributed by atoms with van der Waals surface area (Å²) in [5.74, 6) is 4.13. The van der Waals surface area contributed by atoms with E-state index < -0.39 is 6.04 Å². The summed E-state index contributed by atoms with van der Waals surface area (Å²) < 4.78 is 30.8. The van der Waals surface area contributed by atoms with E-state index in [2.05, 4.69) is 69.2 Å².